The van der Waals surface area contributed by atoms with Crippen LogP contribution in [0.5, 0.6) is 0 Å². The van der Waals surface area contributed by atoms with E-state index in [0.29, 0.717) is 5.91 Å². The van der Waals surface area contributed by atoms with E-state index >= 15 is 0 Å². The minimum Gasteiger partial charge on any atom is -0.346 e. The number of halogens is 1. The van der Waals surface area contributed by atoms with Crippen molar-refractivity contribution in [3.8, 4) is 0 Å². The Kier molecular flexibility index (Phi) is 7.90. The zero-order valence-corrected chi connectivity index (χ0v) is 13.7. The Morgan fingerprint density at radius 2 is 1.80 bits per heavy atom. The van der Waals surface area contributed by atoms with Crippen molar-refractivity contribution in [3.05, 3.63) is 0 Å². The number of hydrogen-bond acceptors (Lipinski definition) is 2. The molecule has 1 amide bonds. The van der Waals surface area contributed by atoms with E-state index in [1.165, 1.54) is 38.5 Å². The molecule has 2 aliphatic rings. The zero-order valence-electron chi connectivity index (χ0n) is 12.9. The van der Waals surface area contributed by atoms with Crippen molar-refractivity contribution in [2.24, 2.45) is 17.6 Å². The van der Waals surface area contributed by atoms with Crippen LogP contribution in [0.4, 0.5) is 0 Å². The predicted molar refractivity (Wildman–Crippen MR) is 86.0 cm³/mol. The highest BCUT2D eigenvalue weighted by atomic mass is 35.5. The fourth-order valence-corrected chi connectivity index (χ4v) is 3.73. The van der Waals surface area contributed by atoms with Gasteiger partial charge in [-0.15, -0.1) is 12.4 Å². The smallest absolute Gasteiger partial charge is 0.225 e. The highest BCUT2D eigenvalue weighted by Gasteiger charge is 2.27. The lowest BCUT2D eigenvalue weighted by atomic mass is 9.84. The van der Waals surface area contributed by atoms with Crippen molar-refractivity contribution >= 4 is 18.3 Å². The summed E-state index contributed by atoms with van der Waals surface area (Å²) in [5.41, 5.74) is 5.98. The first-order valence-electron chi connectivity index (χ1n) is 8.17. The molecule has 2 aliphatic carbocycles. The minimum atomic E-state index is 0. The Bertz CT molecular complexity index is 292. The van der Waals surface area contributed by atoms with Crippen LogP contribution in [0, 0.1) is 11.8 Å². The topological polar surface area (TPSA) is 46.3 Å². The fourth-order valence-electron chi connectivity index (χ4n) is 3.73. The van der Waals surface area contributed by atoms with Gasteiger partial charge >= 0.3 is 0 Å². The van der Waals surface area contributed by atoms with Gasteiger partial charge in [-0.1, -0.05) is 38.5 Å². The third-order valence-corrected chi connectivity index (χ3v) is 5.04. The van der Waals surface area contributed by atoms with Crippen molar-refractivity contribution in [2.75, 3.05) is 13.6 Å². The van der Waals surface area contributed by atoms with Crippen molar-refractivity contribution in [1.29, 1.82) is 0 Å². The Balaban J connectivity index is 0.00000200. The van der Waals surface area contributed by atoms with Crippen LogP contribution in [-0.4, -0.2) is 30.4 Å². The molecule has 2 unspecified atom stereocenters. The molecular formula is C16H31ClN2O. The molecule has 0 spiro atoms. The van der Waals surface area contributed by atoms with E-state index in [1.54, 1.807) is 0 Å². The molecule has 2 fully saturated rings. The SMILES string of the molecule is CN(CCC1CCCCC1)C(=O)C1CCCC(N)C1.Cl. The van der Waals surface area contributed by atoms with Gasteiger partial charge in [0.1, 0.15) is 0 Å². The van der Waals surface area contributed by atoms with Crippen LogP contribution in [0.15, 0.2) is 0 Å². The first-order chi connectivity index (χ1) is 9.16. The lowest BCUT2D eigenvalue weighted by Gasteiger charge is -2.30. The Morgan fingerprint density at radius 3 is 2.45 bits per heavy atom. The van der Waals surface area contributed by atoms with E-state index in [1.807, 2.05) is 11.9 Å². The summed E-state index contributed by atoms with van der Waals surface area (Å²) in [5, 5.41) is 0. The van der Waals surface area contributed by atoms with E-state index in [0.717, 1.165) is 38.1 Å². The number of nitrogens with two attached hydrogens (primary N) is 1. The maximum Gasteiger partial charge on any atom is 0.225 e. The second-order valence-corrected chi connectivity index (χ2v) is 6.68. The Labute approximate surface area is 130 Å². The molecule has 3 nitrogen and oxygen atoms in total. The largest absolute Gasteiger partial charge is 0.346 e. The maximum absolute atomic E-state index is 12.4. The van der Waals surface area contributed by atoms with Gasteiger partial charge in [-0.3, -0.25) is 4.79 Å². The molecule has 0 aromatic heterocycles. The monoisotopic (exact) mass is 302 g/mol. The number of rotatable bonds is 4. The summed E-state index contributed by atoms with van der Waals surface area (Å²) in [7, 11) is 1.98. The molecule has 2 N–H and O–H groups in total. The molecule has 118 valence electrons. The number of carbonyl (C=O) groups excluding carboxylic acids is 1. The lowest BCUT2D eigenvalue weighted by Crippen LogP contribution is -2.39. The molecule has 2 saturated carbocycles. The van der Waals surface area contributed by atoms with E-state index in [2.05, 4.69) is 0 Å². The summed E-state index contributed by atoms with van der Waals surface area (Å²) in [4.78, 5) is 14.4. The first kappa shape index (κ1) is 17.8. The van der Waals surface area contributed by atoms with Crippen molar-refractivity contribution in [1.82, 2.24) is 4.90 Å². The van der Waals surface area contributed by atoms with Crippen LogP contribution < -0.4 is 5.73 Å². The second kappa shape index (κ2) is 8.89. The highest BCUT2D eigenvalue weighted by Crippen LogP contribution is 2.28. The van der Waals surface area contributed by atoms with Crippen LogP contribution in [0.25, 0.3) is 0 Å². The maximum atomic E-state index is 12.4. The molecule has 0 bridgehead atoms. The summed E-state index contributed by atoms with van der Waals surface area (Å²) in [6, 6.07) is 0.245. The minimum absolute atomic E-state index is 0. The molecule has 4 heteroatoms. The molecule has 2 atom stereocenters. The summed E-state index contributed by atoms with van der Waals surface area (Å²) >= 11 is 0. The van der Waals surface area contributed by atoms with Gasteiger partial charge in [0.2, 0.25) is 5.91 Å². The average Bonchev–Trinajstić information content (AvgIpc) is 2.45. The van der Waals surface area contributed by atoms with Gasteiger partial charge in [-0.2, -0.15) is 0 Å². The molecule has 0 aromatic carbocycles. The van der Waals surface area contributed by atoms with Crippen LogP contribution >= 0.6 is 12.4 Å². The summed E-state index contributed by atoms with van der Waals surface area (Å²) < 4.78 is 0. The van der Waals surface area contributed by atoms with Crippen LogP contribution in [0.3, 0.4) is 0 Å². The molecule has 0 saturated heterocycles. The number of amides is 1. The molecule has 0 radical (unpaired) electrons. The van der Waals surface area contributed by atoms with Crippen LogP contribution in [0.1, 0.15) is 64.2 Å². The van der Waals surface area contributed by atoms with E-state index in [-0.39, 0.29) is 24.4 Å². The number of hydrogen-bond donors (Lipinski definition) is 1. The molecule has 0 aliphatic heterocycles. The second-order valence-electron chi connectivity index (χ2n) is 6.68. The standard InChI is InChI=1S/C16H30N2O.ClH/c1-18(11-10-13-6-3-2-4-7-13)16(19)14-8-5-9-15(17)12-14;/h13-15H,2-12,17H2,1H3;1H. The molecule has 0 heterocycles. The molecule has 0 aromatic rings. The Morgan fingerprint density at radius 1 is 1.10 bits per heavy atom. The molecule has 20 heavy (non-hydrogen) atoms. The zero-order chi connectivity index (χ0) is 13.7. The van der Waals surface area contributed by atoms with Gasteiger partial charge in [-0.05, 0) is 31.6 Å². The van der Waals surface area contributed by atoms with Gasteiger partial charge in [0.25, 0.3) is 0 Å². The van der Waals surface area contributed by atoms with Crippen LogP contribution in [-0.2, 0) is 4.79 Å². The normalized spacial score (nSPS) is 27.7. The third-order valence-electron chi connectivity index (χ3n) is 5.04. The summed E-state index contributed by atoms with van der Waals surface area (Å²) in [5.74, 6) is 1.39. The van der Waals surface area contributed by atoms with E-state index in [9.17, 15) is 4.79 Å². The van der Waals surface area contributed by atoms with Crippen molar-refractivity contribution < 1.29 is 4.79 Å². The molecule has 2 rings (SSSR count). The van der Waals surface area contributed by atoms with Crippen LogP contribution in [0.2, 0.25) is 0 Å². The lowest BCUT2D eigenvalue weighted by molar-refractivity contribution is -0.135. The van der Waals surface area contributed by atoms with Gasteiger partial charge in [-0.25, -0.2) is 0 Å². The predicted octanol–water partition coefficient (Wildman–Crippen LogP) is 3.35. The molecular weight excluding hydrogens is 272 g/mol. The average molecular weight is 303 g/mol. The highest BCUT2D eigenvalue weighted by molar-refractivity contribution is 5.85. The van der Waals surface area contributed by atoms with Gasteiger partial charge < -0.3 is 10.6 Å². The first-order valence-corrected chi connectivity index (χ1v) is 8.17. The van der Waals surface area contributed by atoms with Gasteiger partial charge in [0.15, 0.2) is 0 Å². The van der Waals surface area contributed by atoms with Gasteiger partial charge in [0.05, 0.1) is 0 Å². The number of nitrogens with zero attached hydrogens (tertiary/aromatic N) is 1. The quantitative estimate of drug-likeness (QED) is 0.865. The van der Waals surface area contributed by atoms with E-state index < -0.39 is 0 Å². The van der Waals surface area contributed by atoms with Crippen molar-refractivity contribution in [2.45, 2.75) is 70.3 Å². The van der Waals surface area contributed by atoms with Gasteiger partial charge in [0, 0.05) is 25.6 Å². The third kappa shape index (κ3) is 5.25. The number of carbonyl (C=O) groups is 1. The summed E-state index contributed by atoms with van der Waals surface area (Å²) in [6.07, 6.45) is 12.3. The summed E-state index contributed by atoms with van der Waals surface area (Å²) in [6.45, 7) is 0.940. The van der Waals surface area contributed by atoms with Crippen molar-refractivity contribution in [3.63, 3.8) is 0 Å². The van der Waals surface area contributed by atoms with E-state index in [4.69, 9.17) is 5.73 Å². The Hall–Kier alpha value is -0.280. The fraction of sp³-hybridized carbons (Fsp3) is 0.938.